The van der Waals surface area contributed by atoms with Crippen LogP contribution in [0.1, 0.15) is 44.7 Å². The summed E-state index contributed by atoms with van der Waals surface area (Å²) in [6.07, 6.45) is 0.887. The molecule has 13 heteroatoms. The van der Waals surface area contributed by atoms with E-state index in [2.05, 4.69) is 9.97 Å². The Morgan fingerprint density at radius 1 is 0.647 bits per heavy atom. The van der Waals surface area contributed by atoms with Gasteiger partial charge in [0.1, 0.15) is 0 Å². The van der Waals surface area contributed by atoms with E-state index in [4.69, 9.17) is 21.4 Å². The van der Waals surface area contributed by atoms with Crippen LogP contribution in [0.15, 0.2) is 116 Å². The molecule has 6 aromatic rings. The van der Waals surface area contributed by atoms with Crippen LogP contribution in [0.2, 0.25) is 0 Å². The average molecular weight is 713 g/mol. The lowest BCUT2D eigenvalue weighted by Gasteiger charge is -2.10. The van der Waals surface area contributed by atoms with E-state index in [1.54, 1.807) is 72.8 Å². The van der Waals surface area contributed by atoms with Gasteiger partial charge in [-0.05, 0) is 85.8 Å². The number of nitrogens with zero attached hydrogens (tertiary/aromatic N) is 2. The molecule has 0 saturated carbocycles. The zero-order valence-electron chi connectivity index (χ0n) is 28.1. The fourth-order valence-electron chi connectivity index (χ4n) is 5.18. The highest BCUT2D eigenvalue weighted by Crippen LogP contribution is 2.11. The first-order valence-corrected chi connectivity index (χ1v) is 16.4. The van der Waals surface area contributed by atoms with Crippen LogP contribution in [-0.2, 0) is 17.8 Å². The number of ether oxygens (including phenoxy) is 1. The molecule has 2 aromatic heterocycles. The summed E-state index contributed by atoms with van der Waals surface area (Å²) >= 11 is 5.27. The number of para-hydroxylation sites is 4. The summed E-state index contributed by atoms with van der Waals surface area (Å²) in [4.78, 5) is 74.6. The minimum atomic E-state index is -0.657. The number of aromatic amines is 2. The van der Waals surface area contributed by atoms with Gasteiger partial charge in [-0.15, -0.1) is 0 Å². The van der Waals surface area contributed by atoms with E-state index >= 15 is 0 Å². The van der Waals surface area contributed by atoms with Crippen molar-refractivity contribution in [3.63, 3.8) is 0 Å². The molecule has 0 aliphatic heterocycles. The third-order valence-electron chi connectivity index (χ3n) is 7.79. The Labute approximate surface area is 296 Å². The maximum absolute atomic E-state index is 12.1. The second kappa shape index (κ2) is 18.2. The van der Waals surface area contributed by atoms with Crippen molar-refractivity contribution in [1.82, 2.24) is 19.1 Å². The number of aryl methyl sites for hydroxylation is 4. The van der Waals surface area contributed by atoms with Gasteiger partial charge in [0.25, 0.3) is 5.24 Å². The van der Waals surface area contributed by atoms with E-state index in [0.717, 1.165) is 11.1 Å². The van der Waals surface area contributed by atoms with Gasteiger partial charge in [0.05, 0.1) is 34.2 Å². The number of nitrogens with one attached hydrogen (secondary N) is 2. The Kier molecular flexibility index (Phi) is 13.6. The summed E-state index contributed by atoms with van der Waals surface area (Å²) in [6, 6.07) is 28.6. The van der Waals surface area contributed by atoms with E-state index in [-0.39, 0.29) is 19.2 Å². The van der Waals surface area contributed by atoms with Crippen molar-refractivity contribution in [1.29, 1.82) is 0 Å². The van der Waals surface area contributed by atoms with Crippen LogP contribution >= 0.6 is 11.6 Å². The minimum Gasteiger partial charge on any atom is -0.462 e. The SMILES string of the molecule is Cc1ccccc1C(=O)Cl.Cc1ccccc1C(=O)OCCCn1c(=O)c(=O)[nH]c2ccccc21.O=c1[nH]c2ccccc2n(CCCO)c1=O. The predicted molar refractivity (Wildman–Crippen MR) is 197 cm³/mol. The second-order valence-electron chi connectivity index (χ2n) is 11.3. The number of rotatable bonds is 9. The van der Waals surface area contributed by atoms with E-state index in [1.165, 1.54) is 9.13 Å². The number of hydrogen-bond acceptors (Lipinski definition) is 8. The van der Waals surface area contributed by atoms with Gasteiger partial charge in [-0.1, -0.05) is 60.7 Å². The van der Waals surface area contributed by atoms with Crippen molar-refractivity contribution < 1.29 is 19.4 Å². The summed E-state index contributed by atoms with van der Waals surface area (Å²) in [5.41, 5.74) is 2.98. The molecule has 0 aliphatic rings. The summed E-state index contributed by atoms with van der Waals surface area (Å²) in [7, 11) is 0. The van der Waals surface area contributed by atoms with Crippen molar-refractivity contribution in [2.45, 2.75) is 39.8 Å². The van der Waals surface area contributed by atoms with Crippen LogP contribution < -0.4 is 22.2 Å². The van der Waals surface area contributed by atoms with Crippen LogP contribution in [0.3, 0.4) is 0 Å². The number of esters is 1. The topological polar surface area (TPSA) is 173 Å². The Balaban J connectivity index is 0.000000191. The molecule has 6 rings (SSSR count). The summed E-state index contributed by atoms with van der Waals surface area (Å²) in [5, 5.41) is 8.37. The number of benzene rings is 4. The molecule has 0 fully saturated rings. The monoisotopic (exact) mass is 712 g/mol. The van der Waals surface area contributed by atoms with Gasteiger partial charge in [0.2, 0.25) is 0 Å². The number of halogens is 1. The number of aliphatic hydroxyl groups excluding tert-OH is 1. The van der Waals surface area contributed by atoms with Crippen molar-refractivity contribution in [3.05, 3.63) is 161 Å². The smallest absolute Gasteiger partial charge is 0.338 e. The molecule has 0 atom stereocenters. The molecule has 0 spiro atoms. The first kappa shape index (κ1) is 38.0. The zero-order valence-corrected chi connectivity index (χ0v) is 28.8. The van der Waals surface area contributed by atoms with Crippen molar-refractivity contribution in [2.75, 3.05) is 13.2 Å². The largest absolute Gasteiger partial charge is 0.462 e. The lowest BCUT2D eigenvalue weighted by molar-refractivity contribution is 0.0495. The molecule has 12 nitrogen and oxygen atoms in total. The van der Waals surface area contributed by atoms with E-state index in [9.17, 15) is 28.8 Å². The van der Waals surface area contributed by atoms with Gasteiger partial charge in [-0.2, -0.15) is 0 Å². The van der Waals surface area contributed by atoms with Gasteiger partial charge < -0.3 is 28.9 Å². The molecular formula is C38H37ClN4O8. The number of aliphatic hydroxyl groups is 1. The minimum absolute atomic E-state index is 0.00638. The van der Waals surface area contributed by atoms with E-state index in [0.29, 0.717) is 59.1 Å². The quantitative estimate of drug-likeness (QED) is 0.0838. The molecule has 264 valence electrons. The van der Waals surface area contributed by atoms with Gasteiger partial charge in [0, 0.05) is 25.3 Å². The van der Waals surface area contributed by atoms with Crippen LogP contribution in [-0.4, -0.2) is 48.6 Å². The molecule has 0 saturated heterocycles. The predicted octanol–water partition coefficient (Wildman–Crippen LogP) is 4.69. The first-order chi connectivity index (χ1) is 24.5. The average Bonchev–Trinajstić information content (AvgIpc) is 3.12. The molecule has 0 bridgehead atoms. The van der Waals surface area contributed by atoms with Gasteiger partial charge in [-0.3, -0.25) is 24.0 Å². The fraction of sp³-hybridized carbons (Fsp3) is 0.211. The van der Waals surface area contributed by atoms with Gasteiger partial charge >= 0.3 is 28.2 Å². The van der Waals surface area contributed by atoms with E-state index < -0.39 is 27.5 Å². The molecule has 0 unspecified atom stereocenters. The first-order valence-electron chi connectivity index (χ1n) is 16.1. The third-order valence-corrected chi connectivity index (χ3v) is 7.99. The highest BCUT2D eigenvalue weighted by atomic mass is 35.5. The number of hydrogen-bond donors (Lipinski definition) is 3. The number of fused-ring (bicyclic) bond motifs is 2. The molecule has 2 heterocycles. The zero-order chi connectivity index (χ0) is 36.9. The van der Waals surface area contributed by atoms with E-state index in [1.807, 2.05) is 38.1 Å². The van der Waals surface area contributed by atoms with Crippen molar-refractivity contribution >= 4 is 44.9 Å². The summed E-state index contributed by atoms with van der Waals surface area (Å²) in [5.74, 6) is -0.388. The summed E-state index contributed by atoms with van der Waals surface area (Å²) in [6.45, 7) is 4.51. The third kappa shape index (κ3) is 9.87. The normalized spacial score (nSPS) is 10.5. The van der Waals surface area contributed by atoms with Crippen LogP contribution in [0.25, 0.3) is 22.1 Å². The van der Waals surface area contributed by atoms with Crippen molar-refractivity contribution in [2.24, 2.45) is 0 Å². The maximum atomic E-state index is 12.1. The Morgan fingerprint density at radius 3 is 1.53 bits per heavy atom. The highest BCUT2D eigenvalue weighted by molar-refractivity contribution is 6.67. The number of carbonyl (C=O) groups excluding carboxylic acids is 2. The highest BCUT2D eigenvalue weighted by Gasteiger charge is 2.11. The standard InChI is InChI=1S/C19H18N2O4.C11H12N2O3.C8H7ClO/c1-13-7-2-3-8-14(13)19(24)25-12-6-11-21-16-10-5-4-9-15(16)20-17(22)18(21)23;14-7-3-6-13-9-5-2-1-4-8(9)12-10(15)11(13)16;1-6-4-2-3-5-7(6)8(9)10/h2-5,7-10H,6,11-12H2,1H3,(H,20,22);1-2,4-5,14H,3,6-7H2,(H,12,15);2-5H,1H3. The molecule has 51 heavy (non-hydrogen) atoms. The molecular weight excluding hydrogens is 676 g/mol. The number of carbonyl (C=O) groups is 2. The fourth-order valence-corrected chi connectivity index (χ4v) is 5.39. The molecule has 3 N–H and O–H groups in total. The van der Waals surface area contributed by atoms with Gasteiger partial charge in [-0.25, -0.2) is 4.79 Å². The Morgan fingerprint density at radius 2 is 1.08 bits per heavy atom. The van der Waals surface area contributed by atoms with Crippen LogP contribution in [0, 0.1) is 13.8 Å². The van der Waals surface area contributed by atoms with Crippen LogP contribution in [0.4, 0.5) is 0 Å². The Bertz CT molecular complexity index is 2390. The molecule has 0 aliphatic carbocycles. The van der Waals surface area contributed by atoms with Gasteiger partial charge in [0.15, 0.2) is 0 Å². The molecule has 0 radical (unpaired) electrons. The van der Waals surface area contributed by atoms with Crippen molar-refractivity contribution in [3.8, 4) is 0 Å². The lowest BCUT2D eigenvalue weighted by Crippen LogP contribution is -2.36. The summed E-state index contributed by atoms with van der Waals surface area (Å²) < 4.78 is 8.08. The Hall–Kier alpha value is -5.85. The molecule has 4 aromatic carbocycles. The lowest BCUT2D eigenvalue weighted by atomic mass is 10.1. The number of aromatic nitrogens is 4. The maximum Gasteiger partial charge on any atom is 0.338 e. The second-order valence-corrected chi connectivity index (χ2v) is 11.7. The molecule has 0 amide bonds. The van der Waals surface area contributed by atoms with Crippen LogP contribution in [0.5, 0.6) is 0 Å². The number of H-pyrrole nitrogens is 2.